The summed E-state index contributed by atoms with van der Waals surface area (Å²) in [5, 5.41) is 0. The van der Waals surface area contributed by atoms with Gasteiger partial charge in [-0.25, -0.2) is 0 Å². The average molecular weight is 833 g/mol. The van der Waals surface area contributed by atoms with E-state index < -0.39 is 5.92 Å². The molecule has 3 aliphatic rings. The first-order valence-electron chi connectivity index (χ1n) is 24.9. The van der Waals surface area contributed by atoms with E-state index in [1.165, 1.54) is 89.9 Å². The van der Waals surface area contributed by atoms with Crippen molar-refractivity contribution in [2.24, 2.45) is 35.5 Å². The van der Waals surface area contributed by atoms with E-state index in [0.29, 0.717) is 19.3 Å². The van der Waals surface area contributed by atoms with E-state index in [1.807, 2.05) is 12.1 Å². The molecule has 8 nitrogen and oxygen atoms in total. The Hall–Kier alpha value is -3.16. The summed E-state index contributed by atoms with van der Waals surface area (Å²) in [5.41, 5.74) is 1.12. The summed E-state index contributed by atoms with van der Waals surface area (Å²) in [6.45, 7) is 6.32. The van der Waals surface area contributed by atoms with E-state index in [-0.39, 0.29) is 49.6 Å². The topological polar surface area (TPSA) is 95.0 Å². The number of hydrogen-bond donors (Lipinski definition) is 0. The summed E-state index contributed by atoms with van der Waals surface area (Å²) in [5.74, 6) is 1.18. The van der Waals surface area contributed by atoms with Crippen molar-refractivity contribution in [3.8, 4) is 0 Å². The molecule has 1 saturated heterocycles. The van der Waals surface area contributed by atoms with E-state index in [0.717, 1.165) is 101 Å². The van der Waals surface area contributed by atoms with Crippen LogP contribution in [0.5, 0.6) is 0 Å². The summed E-state index contributed by atoms with van der Waals surface area (Å²) in [7, 11) is 0. The fourth-order valence-electron chi connectivity index (χ4n) is 9.75. The average Bonchev–Trinajstić information content (AvgIpc) is 3.53. The van der Waals surface area contributed by atoms with Crippen LogP contribution in [0.15, 0.2) is 48.8 Å². The molecule has 4 rings (SSSR count). The number of carbonyl (C=O) groups excluding carboxylic acids is 3. The minimum Gasteiger partial charge on any atom is -0.465 e. The molecular formula is C52H84N2O6. The van der Waals surface area contributed by atoms with Gasteiger partial charge in [0.05, 0.1) is 17.8 Å². The maximum atomic E-state index is 13.4. The quantitative estimate of drug-likeness (QED) is 0.0271. The molecule has 0 bridgehead atoms. The summed E-state index contributed by atoms with van der Waals surface area (Å²) >= 11 is 0. The van der Waals surface area contributed by atoms with Crippen molar-refractivity contribution in [3.05, 3.63) is 48.8 Å². The Kier molecular flexibility index (Phi) is 25.4. The second kappa shape index (κ2) is 30.8. The lowest BCUT2D eigenvalue weighted by atomic mass is 9.73. The van der Waals surface area contributed by atoms with Crippen molar-refractivity contribution < 1.29 is 28.6 Å². The number of aromatic nitrogens is 1. The molecule has 1 unspecified atom stereocenters. The summed E-state index contributed by atoms with van der Waals surface area (Å²) in [4.78, 5) is 45.8. The van der Waals surface area contributed by atoms with Crippen LogP contribution in [-0.4, -0.2) is 55.8 Å². The number of nitrogens with zero attached hydrogens (tertiary/aromatic N) is 2. The SMILES string of the molecule is CCCCC/C=C\C/C=C\CCCCCCCC(=O)OCC(COC(=O)C1CCN(c2ccncc2)CC1)COC(=O)[C@H]1CC[C@H]([C@H]2CCC[C@H](CCCCC)CC2)CC1. The van der Waals surface area contributed by atoms with Crippen LogP contribution in [0, 0.1) is 35.5 Å². The van der Waals surface area contributed by atoms with Gasteiger partial charge in [-0.2, -0.15) is 0 Å². The van der Waals surface area contributed by atoms with E-state index in [1.54, 1.807) is 12.4 Å². The molecule has 8 heteroatoms. The highest BCUT2D eigenvalue weighted by Crippen LogP contribution is 2.41. The zero-order valence-corrected chi connectivity index (χ0v) is 38.1. The second-order valence-corrected chi connectivity index (χ2v) is 18.5. The zero-order chi connectivity index (χ0) is 42.5. The van der Waals surface area contributed by atoms with Crippen molar-refractivity contribution in [3.63, 3.8) is 0 Å². The smallest absolute Gasteiger partial charge is 0.309 e. The number of ether oxygens (including phenoxy) is 3. The van der Waals surface area contributed by atoms with Crippen LogP contribution in [0.25, 0.3) is 0 Å². The molecule has 3 atom stereocenters. The number of piperidine rings is 1. The van der Waals surface area contributed by atoms with E-state index >= 15 is 0 Å². The summed E-state index contributed by atoms with van der Waals surface area (Å²) in [6, 6.07) is 3.99. The lowest BCUT2D eigenvalue weighted by Crippen LogP contribution is -2.37. The van der Waals surface area contributed by atoms with E-state index in [4.69, 9.17) is 14.2 Å². The van der Waals surface area contributed by atoms with Crippen LogP contribution in [-0.2, 0) is 28.6 Å². The molecule has 2 aliphatic carbocycles. The number of rotatable bonds is 28. The normalized spacial score (nSPS) is 22.1. The van der Waals surface area contributed by atoms with Gasteiger partial charge in [-0.3, -0.25) is 19.4 Å². The monoisotopic (exact) mass is 833 g/mol. The maximum Gasteiger partial charge on any atom is 0.309 e. The highest BCUT2D eigenvalue weighted by molar-refractivity contribution is 5.73. The van der Waals surface area contributed by atoms with Gasteiger partial charge in [-0.15, -0.1) is 0 Å². The van der Waals surface area contributed by atoms with E-state index in [9.17, 15) is 14.4 Å². The Labute approximate surface area is 365 Å². The lowest BCUT2D eigenvalue weighted by molar-refractivity contribution is -0.158. The van der Waals surface area contributed by atoms with Crippen LogP contribution >= 0.6 is 0 Å². The van der Waals surface area contributed by atoms with Crippen molar-refractivity contribution in [2.45, 2.75) is 187 Å². The van der Waals surface area contributed by atoms with Gasteiger partial charge < -0.3 is 19.1 Å². The molecule has 338 valence electrons. The van der Waals surface area contributed by atoms with Crippen molar-refractivity contribution in [1.82, 2.24) is 4.98 Å². The van der Waals surface area contributed by atoms with Gasteiger partial charge in [-0.05, 0) is 113 Å². The number of allylic oxidation sites excluding steroid dienone is 4. The first-order valence-corrected chi connectivity index (χ1v) is 24.9. The van der Waals surface area contributed by atoms with Crippen LogP contribution in [0.4, 0.5) is 5.69 Å². The molecule has 0 amide bonds. The first-order chi connectivity index (χ1) is 29.5. The third kappa shape index (κ3) is 20.1. The fourth-order valence-corrected chi connectivity index (χ4v) is 9.75. The Balaban J connectivity index is 1.15. The minimum absolute atomic E-state index is 0.0709. The molecule has 2 heterocycles. The van der Waals surface area contributed by atoms with Crippen LogP contribution < -0.4 is 4.90 Å². The predicted molar refractivity (Wildman–Crippen MR) is 245 cm³/mol. The van der Waals surface area contributed by atoms with Crippen molar-refractivity contribution in [1.29, 1.82) is 0 Å². The molecule has 0 N–H and O–H groups in total. The molecule has 1 aromatic heterocycles. The molecule has 0 spiro atoms. The first kappa shape index (κ1) is 49.5. The van der Waals surface area contributed by atoms with Gasteiger partial charge in [0.25, 0.3) is 0 Å². The molecule has 1 aliphatic heterocycles. The third-order valence-electron chi connectivity index (χ3n) is 13.7. The Bertz CT molecular complexity index is 1350. The third-order valence-corrected chi connectivity index (χ3v) is 13.7. The second-order valence-electron chi connectivity index (χ2n) is 18.5. The lowest BCUT2D eigenvalue weighted by Gasteiger charge is -2.33. The molecule has 60 heavy (non-hydrogen) atoms. The van der Waals surface area contributed by atoms with Gasteiger partial charge in [0.15, 0.2) is 0 Å². The summed E-state index contributed by atoms with van der Waals surface area (Å²) < 4.78 is 17.5. The van der Waals surface area contributed by atoms with Crippen LogP contribution in [0.2, 0.25) is 0 Å². The highest BCUT2D eigenvalue weighted by atomic mass is 16.6. The number of pyridine rings is 1. The number of anilines is 1. The molecule has 2 saturated carbocycles. The minimum atomic E-state index is -0.393. The van der Waals surface area contributed by atoms with Crippen molar-refractivity contribution >= 4 is 23.6 Å². The Morgan fingerprint density at radius 3 is 1.88 bits per heavy atom. The highest BCUT2D eigenvalue weighted by Gasteiger charge is 2.33. The number of carbonyl (C=O) groups is 3. The standard InChI is InChI=1S/C52H84N2O6/c1-3-5-7-8-9-10-11-12-13-14-15-16-17-18-20-25-50(55)58-40-44(42-60-52(57)48-34-38-54(39-35-48)49-32-36-53-37-33-49)41-59-51(56)47-30-28-46(29-31-47)45-24-21-23-43(26-27-45)22-19-6-4-2/h9-10,12-13,32-33,36-37,43-48H,3-8,11,14-31,34-35,38-42H2,1-2H3/b10-9-,13-12-/t43-,44?,45-,46-,47-/m0/s1. The number of unbranched alkanes of at least 4 members (excludes halogenated alkanes) is 10. The van der Waals surface area contributed by atoms with Gasteiger partial charge in [0.2, 0.25) is 0 Å². The fraction of sp³-hybridized carbons (Fsp3) is 0.769. The van der Waals surface area contributed by atoms with Gasteiger partial charge in [-0.1, -0.05) is 122 Å². The largest absolute Gasteiger partial charge is 0.465 e. The number of hydrogen-bond acceptors (Lipinski definition) is 8. The molecule has 3 fully saturated rings. The van der Waals surface area contributed by atoms with Crippen molar-refractivity contribution in [2.75, 3.05) is 37.8 Å². The summed E-state index contributed by atoms with van der Waals surface area (Å²) in [6.07, 6.45) is 43.2. The van der Waals surface area contributed by atoms with Gasteiger partial charge in [0.1, 0.15) is 19.8 Å². The molecule has 0 radical (unpaired) electrons. The predicted octanol–water partition coefficient (Wildman–Crippen LogP) is 12.9. The Morgan fingerprint density at radius 1 is 0.633 bits per heavy atom. The van der Waals surface area contributed by atoms with Gasteiger partial charge in [0, 0.05) is 37.6 Å². The molecular weight excluding hydrogens is 749 g/mol. The molecule has 1 aromatic rings. The number of esters is 3. The zero-order valence-electron chi connectivity index (χ0n) is 38.1. The van der Waals surface area contributed by atoms with Gasteiger partial charge >= 0.3 is 17.9 Å². The molecule has 0 aromatic carbocycles. The van der Waals surface area contributed by atoms with Crippen LogP contribution in [0.1, 0.15) is 187 Å². The van der Waals surface area contributed by atoms with E-state index in [2.05, 4.69) is 48.0 Å². The Morgan fingerprint density at radius 2 is 1.20 bits per heavy atom. The van der Waals surface area contributed by atoms with Crippen LogP contribution in [0.3, 0.4) is 0 Å². The maximum absolute atomic E-state index is 13.4.